The SMILES string of the molecule is Nc1ncnc2c1ncn2[C@@H]1C=C[C@H](OCP(=O)(O)O)CC1. The highest BCUT2D eigenvalue weighted by atomic mass is 31.2. The molecule has 3 rings (SSSR count). The first-order valence-electron chi connectivity index (χ1n) is 6.71. The van der Waals surface area contributed by atoms with Gasteiger partial charge >= 0.3 is 7.60 Å². The van der Waals surface area contributed by atoms with E-state index in [0.29, 0.717) is 23.4 Å². The summed E-state index contributed by atoms with van der Waals surface area (Å²) >= 11 is 0. The van der Waals surface area contributed by atoms with Gasteiger partial charge in [-0.15, -0.1) is 0 Å². The molecule has 118 valence electrons. The van der Waals surface area contributed by atoms with E-state index in [-0.39, 0.29) is 12.1 Å². The van der Waals surface area contributed by atoms with Gasteiger partial charge in [0.25, 0.3) is 0 Å². The average Bonchev–Trinajstić information content (AvgIpc) is 2.90. The van der Waals surface area contributed by atoms with E-state index in [4.69, 9.17) is 20.3 Å². The molecule has 2 aromatic heterocycles. The molecule has 1 aliphatic rings. The summed E-state index contributed by atoms with van der Waals surface area (Å²) in [6.07, 6.45) is 7.34. The van der Waals surface area contributed by atoms with Gasteiger partial charge in [0, 0.05) is 0 Å². The second kappa shape index (κ2) is 5.77. The van der Waals surface area contributed by atoms with Crippen LogP contribution in [-0.2, 0) is 9.30 Å². The Morgan fingerprint density at radius 1 is 1.32 bits per heavy atom. The number of rotatable bonds is 4. The van der Waals surface area contributed by atoms with Gasteiger partial charge in [-0.2, -0.15) is 0 Å². The first-order valence-corrected chi connectivity index (χ1v) is 8.51. The van der Waals surface area contributed by atoms with Crippen molar-refractivity contribution < 1.29 is 19.1 Å². The summed E-state index contributed by atoms with van der Waals surface area (Å²) in [6.45, 7) is 0. The van der Waals surface area contributed by atoms with Gasteiger partial charge in [-0.05, 0) is 12.8 Å². The molecule has 0 bridgehead atoms. The predicted octanol–water partition coefficient (Wildman–Crippen LogP) is 0.820. The maximum absolute atomic E-state index is 10.8. The molecule has 0 aliphatic heterocycles. The van der Waals surface area contributed by atoms with Crippen molar-refractivity contribution in [1.29, 1.82) is 0 Å². The summed E-state index contributed by atoms with van der Waals surface area (Å²) in [5.74, 6) is 0.339. The monoisotopic (exact) mass is 325 g/mol. The van der Waals surface area contributed by atoms with Gasteiger partial charge in [0.05, 0.1) is 18.5 Å². The van der Waals surface area contributed by atoms with Crippen LogP contribution in [-0.4, -0.2) is 41.8 Å². The lowest BCUT2D eigenvalue weighted by Crippen LogP contribution is -2.19. The fourth-order valence-electron chi connectivity index (χ4n) is 2.46. The van der Waals surface area contributed by atoms with Crippen LogP contribution in [0.4, 0.5) is 5.82 Å². The van der Waals surface area contributed by atoms with Crippen LogP contribution in [0.5, 0.6) is 0 Å². The van der Waals surface area contributed by atoms with E-state index in [2.05, 4.69) is 15.0 Å². The molecule has 9 nitrogen and oxygen atoms in total. The largest absolute Gasteiger partial charge is 0.382 e. The van der Waals surface area contributed by atoms with Gasteiger partial charge < -0.3 is 24.8 Å². The molecule has 2 aromatic rings. The van der Waals surface area contributed by atoms with Crippen molar-refractivity contribution in [3.05, 3.63) is 24.8 Å². The van der Waals surface area contributed by atoms with Crippen LogP contribution in [0.2, 0.25) is 0 Å². The van der Waals surface area contributed by atoms with Crippen LogP contribution in [0.1, 0.15) is 18.9 Å². The summed E-state index contributed by atoms with van der Waals surface area (Å²) in [6, 6.07) is 0.0502. The smallest absolute Gasteiger partial charge is 0.351 e. The van der Waals surface area contributed by atoms with Gasteiger partial charge in [-0.1, -0.05) is 12.2 Å². The standard InChI is InChI=1S/C12H16N5O4P/c13-11-10-12(15-5-14-11)17(6-16-10)8-1-3-9(4-2-8)21-7-22(18,19)20/h1,3,5-6,8-9H,2,4,7H2,(H2,13,14,15)(H2,18,19,20)/t8-,9+/m1/s1. The zero-order chi connectivity index (χ0) is 15.7. The number of hydrogen-bond acceptors (Lipinski definition) is 6. The Kier molecular flexibility index (Phi) is 3.96. The maximum atomic E-state index is 10.8. The van der Waals surface area contributed by atoms with Gasteiger partial charge in [0.15, 0.2) is 11.5 Å². The number of nitrogen functional groups attached to an aromatic ring is 1. The summed E-state index contributed by atoms with van der Waals surface area (Å²) < 4.78 is 17.9. The van der Waals surface area contributed by atoms with E-state index in [1.807, 2.05) is 10.6 Å². The number of aromatic nitrogens is 4. The van der Waals surface area contributed by atoms with Crippen molar-refractivity contribution in [2.75, 3.05) is 12.1 Å². The fourth-order valence-corrected chi connectivity index (χ4v) is 2.84. The number of nitrogens with two attached hydrogens (primary N) is 1. The zero-order valence-electron chi connectivity index (χ0n) is 11.6. The zero-order valence-corrected chi connectivity index (χ0v) is 12.5. The molecular weight excluding hydrogens is 309 g/mol. The molecule has 0 fully saturated rings. The second-order valence-electron chi connectivity index (χ2n) is 5.11. The van der Waals surface area contributed by atoms with Crippen molar-refractivity contribution in [2.24, 2.45) is 0 Å². The van der Waals surface area contributed by atoms with Gasteiger partial charge in [-0.3, -0.25) is 4.57 Å². The van der Waals surface area contributed by atoms with Crippen molar-refractivity contribution in [3.8, 4) is 0 Å². The third kappa shape index (κ3) is 3.17. The minimum atomic E-state index is -4.14. The summed E-state index contributed by atoms with van der Waals surface area (Å²) in [4.78, 5) is 30.0. The third-order valence-electron chi connectivity index (χ3n) is 3.50. The summed E-state index contributed by atoms with van der Waals surface area (Å²) in [5.41, 5.74) is 6.99. The third-order valence-corrected chi connectivity index (χ3v) is 3.98. The van der Waals surface area contributed by atoms with Crippen LogP contribution in [0.25, 0.3) is 11.2 Å². The number of nitrogens with zero attached hydrogens (tertiary/aromatic N) is 4. The minimum Gasteiger partial charge on any atom is -0.382 e. The molecule has 2 atom stereocenters. The Morgan fingerprint density at radius 3 is 2.82 bits per heavy atom. The Hall–Kier alpha value is -1.80. The molecule has 0 amide bonds. The highest BCUT2D eigenvalue weighted by Gasteiger charge is 2.22. The lowest BCUT2D eigenvalue weighted by molar-refractivity contribution is 0.0937. The highest BCUT2D eigenvalue weighted by Crippen LogP contribution is 2.36. The molecule has 0 unspecified atom stereocenters. The number of allylic oxidation sites excluding steroid dienone is 1. The average molecular weight is 325 g/mol. The number of fused-ring (bicyclic) bond motifs is 1. The quantitative estimate of drug-likeness (QED) is 0.555. The Balaban J connectivity index is 1.74. The van der Waals surface area contributed by atoms with E-state index < -0.39 is 13.9 Å². The molecule has 4 N–H and O–H groups in total. The minimum absolute atomic E-state index is 0.0502. The molecular formula is C12H16N5O4P. The predicted molar refractivity (Wildman–Crippen MR) is 78.9 cm³/mol. The topological polar surface area (TPSA) is 136 Å². The molecule has 22 heavy (non-hydrogen) atoms. The van der Waals surface area contributed by atoms with Crippen LogP contribution >= 0.6 is 7.60 Å². The first-order chi connectivity index (χ1) is 10.4. The van der Waals surface area contributed by atoms with Crippen LogP contribution in [0, 0.1) is 0 Å². The van der Waals surface area contributed by atoms with E-state index in [1.54, 1.807) is 12.4 Å². The first kappa shape index (κ1) is 15.1. The van der Waals surface area contributed by atoms with Crippen LogP contribution in [0.15, 0.2) is 24.8 Å². The van der Waals surface area contributed by atoms with E-state index in [1.165, 1.54) is 6.33 Å². The van der Waals surface area contributed by atoms with Crippen molar-refractivity contribution in [2.45, 2.75) is 25.0 Å². The molecule has 0 radical (unpaired) electrons. The number of anilines is 1. The molecule has 0 saturated heterocycles. The lowest BCUT2D eigenvalue weighted by atomic mass is 10.0. The molecule has 0 aromatic carbocycles. The van der Waals surface area contributed by atoms with E-state index in [9.17, 15) is 4.57 Å². The normalized spacial score (nSPS) is 22.3. The molecule has 2 heterocycles. The van der Waals surface area contributed by atoms with Gasteiger partial charge in [0.2, 0.25) is 0 Å². The molecule has 10 heteroatoms. The Labute approximate surface area is 126 Å². The summed E-state index contributed by atoms with van der Waals surface area (Å²) in [7, 11) is -4.14. The Morgan fingerprint density at radius 2 is 2.14 bits per heavy atom. The highest BCUT2D eigenvalue weighted by molar-refractivity contribution is 7.51. The summed E-state index contributed by atoms with van der Waals surface area (Å²) in [5, 5.41) is 0. The van der Waals surface area contributed by atoms with Crippen molar-refractivity contribution in [3.63, 3.8) is 0 Å². The van der Waals surface area contributed by atoms with Crippen molar-refractivity contribution >= 4 is 24.6 Å². The number of ether oxygens (including phenoxy) is 1. The van der Waals surface area contributed by atoms with Crippen LogP contribution < -0.4 is 5.73 Å². The van der Waals surface area contributed by atoms with Crippen LogP contribution in [0.3, 0.4) is 0 Å². The maximum Gasteiger partial charge on any atom is 0.351 e. The van der Waals surface area contributed by atoms with Crippen molar-refractivity contribution in [1.82, 2.24) is 19.5 Å². The fraction of sp³-hybridized carbons (Fsp3) is 0.417. The molecule has 1 aliphatic carbocycles. The molecule has 0 spiro atoms. The van der Waals surface area contributed by atoms with Gasteiger partial charge in [0.1, 0.15) is 18.2 Å². The lowest BCUT2D eigenvalue weighted by Gasteiger charge is -2.24. The number of hydrogen-bond donors (Lipinski definition) is 3. The van der Waals surface area contributed by atoms with E-state index >= 15 is 0 Å². The van der Waals surface area contributed by atoms with E-state index in [0.717, 1.165) is 6.42 Å². The molecule has 0 saturated carbocycles. The second-order valence-corrected chi connectivity index (χ2v) is 6.70. The Bertz CT molecular complexity index is 755. The van der Waals surface area contributed by atoms with Gasteiger partial charge in [-0.25, -0.2) is 15.0 Å². The number of imidazole rings is 1.